The van der Waals surface area contributed by atoms with Gasteiger partial charge in [0.05, 0.1) is 36.6 Å². The Hall–Kier alpha value is -4.63. The van der Waals surface area contributed by atoms with E-state index in [9.17, 15) is 9.59 Å². The van der Waals surface area contributed by atoms with Crippen molar-refractivity contribution in [2.24, 2.45) is 4.99 Å². The molecular formula is C32H30N2O6S. The van der Waals surface area contributed by atoms with E-state index in [1.807, 2.05) is 54.6 Å². The van der Waals surface area contributed by atoms with E-state index in [0.717, 1.165) is 11.1 Å². The Morgan fingerprint density at radius 2 is 1.76 bits per heavy atom. The van der Waals surface area contributed by atoms with Crippen LogP contribution in [0.1, 0.15) is 36.6 Å². The number of rotatable bonds is 9. The quantitative estimate of drug-likeness (QED) is 0.277. The van der Waals surface area contributed by atoms with Crippen molar-refractivity contribution in [3.63, 3.8) is 0 Å². The van der Waals surface area contributed by atoms with E-state index in [4.69, 9.17) is 18.9 Å². The van der Waals surface area contributed by atoms with Gasteiger partial charge in [-0.2, -0.15) is 0 Å². The third kappa shape index (κ3) is 5.67. The van der Waals surface area contributed by atoms with Crippen molar-refractivity contribution in [2.45, 2.75) is 26.5 Å². The van der Waals surface area contributed by atoms with Gasteiger partial charge in [0.2, 0.25) is 0 Å². The molecule has 0 radical (unpaired) electrons. The number of hydrogen-bond donors (Lipinski definition) is 0. The number of aromatic nitrogens is 1. The second kappa shape index (κ2) is 12.3. The summed E-state index contributed by atoms with van der Waals surface area (Å²) in [5, 5.41) is 0. The lowest BCUT2D eigenvalue weighted by Crippen LogP contribution is -2.40. The molecule has 0 amide bonds. The van der Waals surface area contributed by atoms with E-state index in [0.29, 0.717) is 44.4 Å². The monoisotopic (exact) mass is 570 g/mol. The van der Waals surface area contributed by atoms with Crippen LogP contribution < -0.4 is 29.1 Å². The summed E-state index contributed by atoms with van der Waals surface area (Å²) in [4.78, 5) is 32.4. The van der Waals surface area contributed by atoms with Crippen LogP contribution in [-0.2, 0) is 16.1 Å². The third-order valence-electron chi connectivity index (χ3n) is 6.70. The summed E-state index contributed by atoms with van der Waals surface area (Å²) in [6.07, 6.45) is 1.80. The number of para-hydroxylation sites is 1. The summed E-state index contributed by atoms with van der Waals surface area (Å²) in [5.41, 5.74) is 2.88. The number of methoxy groups -OCH3 is 2. The Labute approximate surface area is 241 Å². The van der Waals surface area contributed by atoms with Crippen LogP contribution in [0.2, 0.25) is 0 Å². The molecule has 0 bridgehead atoms. The highest BCUT2D eigenvalue weighted by atomic mass is 32.1. The van der Waals surface area contributed by atoms with E-state index in [2.05, 4.69) is 4.99 Å². The predicted octanol–water partition coefficient (Wildman–Crippen LogP) is 4.39. The molecule has 0 N–H and O–H groups in total. The van der Waals surface area contributed by atoms with Gasteiger partial charge in [0.25, 0.3) is 5.56 Å². The number of carbonyl (C=O) groups is 1. The van der Waals surface area contributed by atoms with Crippen LogP contribution >= 0.6 is 11.3 Å². The van der Waals surface area contributed by atoms with E-state index < -0.39 is 12.0 Å². The number of esters is 1. The molecule has 3 aromatic carbocycles. The zero-order chi connectivity index (χ0) is 28.9. The lowest BCUT2D eigenvalue weighted by Gasteiger charge is -2.26. The largest absolute Gasteiger partial charge is 0.497 e. The van der Waals surface area contributed by atoms with Gasteiger partial charge in [-0.25, -0.2) is 9.79 Å². The molecule has 4 aromatic rings. The van der Waals surface area contributed by atoms with Gasteiger partial charge in [-0.05, 0) is 43.7 Å². The van der Waals surface area contributed by atoms with Crippen molar-refractivity contribution in [2.75, 3.05) is 20.8 Å². The summed E-state index contributed by atoms with van der Waals surface area (Å²) in [7, 11) is 3.10. The molecule has 0 fully saturated rings. The zero-order valence-corrected chi connectivity index (χ0v) is 24.1. The molecule has 1 aromatic heterocycles. The summed E-state index contributed by atoms with van der Waals surface area (Å²) < 4.78 is 24.6. The molecule has 9 heteroatoms. The van der Waals surface area contributed by atoms with E-state index >= 15 is 0 Å². The molecule has 1 atom stereocenters. The smallest absolute Gasteiger partial charge is 0.338 e. The minimum absolute atomic E-state index is 0.187. The Morgan fingerprint density at radius 1 is 1.00 bits per heavy atom. The van der Waals surface area contributed by atoms with Crippen LogP contribution in [0, 0.1) is 0 Å². The van der Waals surface area contributed by atoms with Crippen molar-refractivity contribution in [3.8, 4) is 17.2 Å². The van der Waals surface area contributed by atoms with E-state index in [1.54, 1.807) is 45.2 Å². The van der Waals surface area contributed by atoms with Crippen LogP contribution in [-0.4, -0.2) is 31.4 Å². The standard InChI is InChI=1S/C32H30N2O6S/c1-5-39-31(36)28-20(2)33-32-34(29(28)24-16-15-23(37-3)18-26(24)38-4)30(35)27(41-32)17-22-13-9-10-14-25(22)40-19-21-11-7-6-8-12-21/h6-18,29H,5,19H2,1-4H3/b27-17-/t29-/m1/s1. The first kappa shape index (κ1) is 27.9. The van der Waals surface area contributed by atoms with Crippen LogP contribution in [0.4, 0.5) is 0 Å². The first-order valence-corrected chi connectivity index (χ1v) is 13.9. The van der Waals surface area contributed by atoms with Crippen molar-refractivity contribution in [1.29, 1.82) is 0 Å². The van der Waals surface area contributed by atoms with Crippen LogP contribution in [0.15, 0.2) is 93.9 Å². The number of thiazole rings is 1. The van der Waals surface area contributed by atoms with Crippen LogP contribution in [0.5, 0.6) is 17.2 Å². The maximum absolute atomic E-state index is 14.0. The fraction of sp³-hybridized carbons (Fsp3) is 0.219. The van der Waals surface area contributed by atoms with E-state index in [1.165, 1.54) is 23.0 Å². The number of ether oxygens (including phenoxy) is 4. The average Bonchev–Trinajstić information content (AvgIpc) is 3.30. The molecule has 2 heterocycles. The maximum atomic E-state index is 14.0. The Kier molecular flexibility index (Phi) is 8.35. The number of hydrogen-bond acceptors (Lipinski definition) is 8. The summed E-state index contributed by atoms with van der Waals surface area (Å²) in [5.74, 6) is 1.17. The number of allylic oxidation sites excluding steroid dienone is 1. The number of nitrogens with zero attached hydrogens (tertiary/aromatic N) is 2. The van der Waals surface area contributed by atoms with Gasteiger partial charge < -0.3 is 18.9 Å². The molecule has 0 saturated carbocycles. The molecule has 0 saturated heterocycles. The van der Waals surface area contributed by atoms with Gasteiger partial charge in [0, 0.05) is 17.2 Å². The minimum Gasteiger partial charge on any atom is -0.497 e. The molecule has 1 aliphatic heterocycles. The average molecular weight is 571 g/mol. The van der Waals surface area contributed by atoms with E-state index in [-0.39, 0.29) is 17.7 Å². The topological polar surface area (TPSA) is 88.4 Å². The SMILES string of the molecule is CCOC(=O)C1=C(C)N=c2s/c(=C\c3ccccc3OCc3ccccc3)c(=O)n2[C@@H]1c1ccc(OC)cc1OC. The van der Waals surface area contributed by atoms with Crippen molar-refractivity contribution in [3.05, 3.63) is 120 Å². The zero-order valence-electron chi connectivity index (χ0n) is 23.2. The predicted molar refractivity (Wildman–Crippen MR) is 157 cm³/mol. The molecule has 210 valence electrons. The first-order chi connectivity index (χ1) is 19.9. The molecule has 0 unspecified atom stereocenters. The fourth-order valence-corrected chi connectivity index (χ4v) is 5.78. The van der Waals surface area contributed by atoms with Gasteiger partial charge in [-0.15, -0.1) is 0 Å². The summed E-state index contributed by atoms with van der Waals surface area (Å²) in [6.45, 7) is 4.07. The van der Waals surface area contributed by atoms with Crippen molar-refractivity contribution < 1.29 is 23.7 Å². The third-order valence-corrected chi connectivity index (χ3v) is 7.68. The Bertz CT molecular complexity index is 1790. The van der Waals surface area contributed by atoms with Gasteiger partial charge in [-0.1, -0.05) is 59.9 Å². The van der Waals surface area contributed by atoms with Crippen LogP contribution in [0.25, 0.3) is 6.08 Å². The summed E-state index contributed by atoms with van der Waals surface area (Å²) in [6, 6.07) is 21.9. The highest BCUT2D eigenvalue weighted by Crippen LogP contribution is 2.37. The lowest BCUT2D eigenvalue weighted by molar-refractivity contribution is -0.139. The number of fused-ring (bicyclic) bond motifs is 1. The molecule has 0 spiro atoms. The second-order valence-electron chi connectivity index (χ2n) is 9.22. The highest BCUT2D eigenvalue weighted by molar-refractivity contribution is 7.07. The highest BCUT2D eigenvalue weighted by Gasteiger charge is 2.35. The molecule has 0 aliphatic carbocycles. The Morgan fingerprint density at radius 3 is 2.49 bits per heavy atom. The van der Waals surface area contributed by atoms with Gasteiger partial charge >= 0.3 is 5.97 Å². The van der Waals surface area contributed by atoms with Crippen molar-refractivity contribution in [1.82, 2.24) is 4.57 Å². The van der Waals surface area contributed by atoms with Gasteiger partial charge in [0.1, 0.15) is 29.9 Å². The van der Waals surface area contributed by atoms with Crippen LogP contribution in [0.3, 0.4) is 0 Å². The lowest BCUT2D eigenvalue weighted by atomic mass is 9.95. The second-order valence-corrected chi connectivity index (χ2v) is 10.2. The minimum atomic E-state index is -0.808. The number of benzene rings is 3. The molecule has 41 heavy (non-hydrogen) atoms. The van der Waals surface area contributed by atoms with Gasteiger partial charge in [0.15, 0.2) is 4.80 Å². The fourth-order valence-electron chi connectivity index (χ4n) is 4.74. The summed E-state index contributed by atoms with van der Waals surface area (Å²) >= 11 is 1.25. The molecule has 1 aliphatic rings. The van der Waals surface area contributed by atoms with Gasteiger partial charge in [-0.3, -0.25) is 9.36 Å². The maximum Gasteiger partial charge on any atom is 0.338 e. The first-order valence-electron chi connectivity index (χ1n) is 13.1. The molecule has 8 nitrogen and oxygen atoms in total. The van der Waals surface area contributed by atoms with Crippen molar-refractivity contribution >= 4 is 23.4 Å². The Balaban J connectivity index is 1.65. The normalized spacial score (nSPS) is 14.7. The molecular weight excluding hydrogens is 540 g/mol. The number of carbonyl (C=O) groups excluding carboxylic acids is 1. The molecule has 5 rings (SSSR count).